The molecule has 1 aromatic heterocycles. The molecule has 10 heteroatoms. The lowest BCUT2D eigenvalue weighted by molar-refractivity contribution is -0.133. The van der Waals surface area contributed by atoms with Crippen molar-refractivity contribution in [2.45, 2.75) is 64.3 Å². The van der Waals surface area contributed by atoms with Crippen LogP contribution in [0.2, 0.25) is 5.02 Å². The minimum Gasteiger partial charge on any atom is -0.478 e. The highest BCUT2D eigenvalue weighted by molar-refractivity contribution is 6.30. The van der Waals surface area contributed by atoms with Crippen LogP contribution in [0.5, 0.6) is 0 Å². The maximum absolute atomic E-state index is 13.0. The Labute approximate surface area is 202 Å². The van der Waals surface area contributed by atoms with E-state index in [0.717, 1.165) is 18.4 Å². The van der Waals surface area contributed by atoms with Gasteiger partial charge in [0.2, 0.25) is 5.91 Å². The first-order valence-electron chi connectivity index (χ1n) is 11.2. The summed E-state index contributed by atoms with van der Waals surface area (Å²) in [5.41, 5.74) is 1.66. The number of carbonyl (C=O) groups excluding carboxylic acids is 2. The van der Waals surface area contributed by atoms with Gasteiger partial charge in [-0.3, -0.25) is 14.7 Å². The number of carboxylic acid groups (broad SMARTS) is 1. The Bertz CT molecular complexity index is 1060. The van der Waals surface area contributed by atoms with Crippen LogP contribution < -0.4 is 10.6 Å². The number of hydrogen-bond acceptors (Lipinski definition) is 5. The minimum absolute atomic E-state index is 0.0347. The van der Waals surface area contributed by atoms with Crippen molar-refractivity contribution in [1.29, 1.82) is 0 Å². The zero-order chi connectivity index (χ0) is 24.8. The van der Waals surface area contributed by atoms with Gasteiger partial charge < -0.3 is 20.5 Å². The molecule has 0 unspecified atom stereocenters. The molecule has 0 radical (unpaired) electrons. The van der Waals surface area contributed by atoms with Gasteiger partial charge in [-0.15, -0.1) is 0 Å². The molecule has 1 aliphatic carbocycles. The molecule has 0 fully saturated rings. The van der Waals surface area contributed by atoms with Gasteiger partial charge in [-0.25, -0.2) is 4.79 Å². The van der Waals surface area contributed by atoms with Gasteiger partial charge >= 0.3 is 5.97 Å². The molecule has 34 heavy (non-hydrogen) atoms. The van der Waals surface area contributed by atoms with E-state index in [-0.39, 0.29) is 29.7 Å². The summed E-state index contributed by atoms with van der Waals surface area (Å²) in [6.07, 6.45) is 2.21. The molecule has 0 saturated carbocycles. The minimum atomic E-state index is -1.09. The van der Waals surface area contributed by atoms with Crippen LogP contribution in [0.15, 0.2) is 42.0 Å². The summed E-state index contributed by atoms with van der Waals surface area (Å²) < 4.78 is 6.14. The summed E-state index contributed by atoms with van der Waals surface area (Å²) in [6.45, 7) is 5.32. The summed E-state index contributed by atoms with van der Waals surface area (Å²) in [6, 6.07) is 7.30. The van der Waals surface area contributed by atoms with E-state index in [1.807, 2.05) is 13.8 Å². The molecule has 3 atom stereocenters. The molecule has 4 N–H and O–H groups in total. The topological polar surface area (TPSA) is 133 Å². The van der Waals surface area contributed by atoms with Gasteiger partial charge in [0.05, 0.1) is 30.0 Å². The van der Waals surface area contributed by atoms with E-state index >= 15 is 0 Å². The lowest BCUT2D eigenvalue weighted by Crippen LogP contribution is -2.59. The number of aromatic amines is 1. The molecule has 1 heterocycles. The predicted molar refractivity (Wildman–Crippen MR) is 127 cm³/mol. The second kappa shape index (κ2) is 11.3. The number of aromatic nitrogens is 2. The van der Waals surface area contributed by atoms with E-state index in [0.29, 0.717) is 10.7 Å². The zero-order valence-corrected chi connectivity index (χ0v) is 20.1. The fraction of sp³-hybridized carbons (Fsp3) is 0.417. The molecule has 2 aromatic rings. The van der Waals surface area contributed by atoms with Crippen molar-refractivity contribution >= 4 is 29.4 Å². The van der Waals surface area contributed by atoms with E-state index < -0.39 is 30.1 Å². The number of halogens is 1. The van der Waals surface area contributed by atoms with Crippen molar-refractivity contribution in [3.8, 4) is 11.3 Å². The second-order valence-corrected chi connectivity index (χ2v) is 8.66. The molecular weight excluding hydrogens is 460 g/mol. The van der Waals surface area contributed by atoms with Crippen molar-refractivity contribution < 1.29 is 24.2 Å². The molecule has 0 spiro atoms. The molecule has 1 aromatic carbocycles. The number of nitrogens with zero attached hydrogens (tertiary/aromatic N) is 1. The summed E-state index contributed by atoms with van der Waals surface area (Å²) in [4.78, 5) is 36.8. The Morgan fingerprint density at radius 1 is 1.21 bits per heavy atom. The third kappa shape index (κ3) is 6.24. The van der Waals surface area contributed by atoms with E-state index in [2.05, 4.69) is 20.8 Å². The smallest absolute Gasteiger partial charge is 0.331 e. The molecule has 0 bridgehead atoms. The molecule has 0 saturated heterocycles. The highest BCUT2D eigenvalue weighted by Gasteiger charge is 2.38. The number of H-pyrrole nitrogens is 1. The fourth-order valence-corrected chi connectivity index (χ4v) is 4.09. The van der Waals surface area contributed by atoms with Crippen LogP contribution >= 0.6 is 11.6 Å². The first kappa shape index (κ1) is 25.5. The van der Waals surface area contributed by atoms with Gasteiger partial charge in [0.15, 0.2) is 0 Å². The van der Waals surface area contributed by atoms with Crippen molar-refractivity contribution in [3.05, 3.63) is 52.7 Å². The van der Waals surface area contributed by atoms with Gasteiger partial charge in [-0.1, -0.05) is 37.6 Å². The van der Waals surface area contributed by atoms with Crippen LogP contribution in [-0.2, 0) is 14.3 Å². The van der Waals surface area contributed by atoms with Gasteiger partial charge in [-0.2, -0.15) is 5.10 Å². The lowest BCUT2D eigenvalue weighted by Gasteiger charge is -2.38. The van der Waals surface area contributed by atoms with Crippen LogP contribution in [-0.4, -0.2) is 57.4 Å². The van der Waals surface area contributed by atoms with Gasteiger partial charge in [0, 0.05) is 29.5 Å². The van der Waals surface area contributed by atoms with Crippen LogP contribution in [0.1, 0.15) is 50.5 Å². The highest BCUT2D eigenvalue weighted by atomic mass is 35.5. The Kier molecular flexibility index (Phi) is 8.46. The summed E-state index contributed by atoms with van der Waals surface area (Å²) in [5, 5.41) is 22.8. The zero-order valence-electron chi connectivity index (χ0n) is 19.3. The predicted octanol–water partition coefficient (Wildman–Crippen LogP) is 3.32. The van der Waals surface area contributed by atoms with Crippen molar-refractivity contribution in [2.75, 3.05) is 0 Å². The molecule has 2 amide bonds. The summed E-state index contributed by atoms with van der Waals surface area (Å²) in [7, 11) is 0. The Balaban J connectivity index is 1.84. The van der Waals surface area contributed by atoms with Gasteiger partial charge in [0.1, 0.15) is 5.69 Å². The first-order chi connectivity index (χ1) is 16.2. The Hall–Kier alpha value is -3.17. The highest BCUT2D eigenvalue weighted by Crippen LogP contribution is 2.25. The van der Waals surface area contributed by atoms with Crippen LogP contribution in [0.3, 0.4) is 0 Å². The first-order valence-corrected chi connectivity index (χ1v) is 11.6. The fourth-order valence-electron chi connectivity index (χ4n) is 3.96. The van der Waals surface area contributed by atoms with Gasteiger partial charge in [0.25, 0.3) is 5.91 Å². The van der Waals surface area contributed by atoms with Crippen molar-refractivity contribution in [2.24, 2.45) is 0 Å². The van der Waals surface area contributed by atoms with Crippen LogP contribution in [0.25, 0.3) is 11.3 Å². The van der Waals surface area contributed by atoms with Crippen molar-refractivity contribution in [3.63, 3.8) is 0 Å². The van der Waals surface area contributed by atoms with E-state index in [1.54, 1.807) is 30.3 Å². The second-order valence-electron chi connectivity index (χ2n) is 8.22. The molecular formula is C24H29ClN4O5. The third-order valence-corrected chi connectivity index (χ3v) is 6.03. The lowest BCUT2D eigenvalue weighted by atomic mass is 9.87. The maximum Gasteiger partial charge on any atom is 0.331 e. The molecule has 1 aliphatic rings. The van der Waals surface area contributed by atoms with E-state index in [4.69, 9.17) is 16.3 Å². The maximum atomic E-state index is 13.0. The SMILES string of the molecule is CCC(CC)O[C@@H]1C=C(C(=O)O)C[C@H](NC(=O)c2cc(-c3ccc(Cl)cc3)n[nH]2)[C@H]1NC(C)=O. The van der Waals surface area contributed by atoms with E-state index in [9.17, 15) is 19.5 Å². The monoisotopic (exact) mass is 488 g/mol. The van der Waals surface area contributed by atoms with Gasteiger partial charge in [-0.05, 0) is 37.1 Å². The Morgan fingerprint density at radius 2 is 1.88 bits per heavy atom. The van der Waals surface area contributed by atoms with Crippen LogP contribution in [0, 0.1) is 0 Å². The molecule has 3 rings (SSSR count). The number of amides is 2. The van der Waals surface area contributed by atoms with Crippen LogP contribution in [0.4, 0.5) is 0 Å². The Morgan fingerprint density at radius 3 is 2.47 bits per heavy atom. The van der Waals surface area contributed by atoms with E-state index in [1.165, 1.54) is 13.0 Å². The largest absolute Gasteiger partial charge is 0.478 e. The summed E-state index contributed by atoms with van der Waals surface area (Å²) in [5.74, 6) is -1.87. The number of ether oxygens (including phenoxy) is 1. The average Bonchev–Trinajstić information content (AvgIpc) is 3.29. The third-order valence-electron chi connectivity index (χ3n) is 5.78. The number of carbonyl (C=O) groups is 3. The number of hydrogen-bond donors (Lipinski definition) is 4. The number of carboxylic acids is 1. The molecule has 182 valence electrons. The molecule has 0 aliphatic heterocycles. The summed E-state index contributed by atoms with van der Waals surface area (Å²) >= 11 is 5.93. The number of benzene rings is 1. The standard InChI is InChI=1S/C24H29ClN4O5/c1-4-17(5-2)34-21-11-15(24(32)33)10-19(22(21)26-13(3)30)27-23(31)20-12-18(28-29-20)14-6-8-16(25)9-7-14/h6-9,11-12,17,19,21-22H,4-5,10H2,1-3H3,(H,26,30)(H,27,31)(H,28,29)(H,32,33)/t19-,21+,22+/m0/s1. The normalized spacial score (nSPS) is 20.0. The number of rotatable bonds is 9. The quantitative estimate of drug-likeness (QED) is 0.428. The average molecular weight is 489 g/mol. The molecule has 9 nitrogen and oxygen atoms in total. The number of aliphatic carboxylic acids is 1. The number of nitrogens with one attached hydrogen (secondary N) is 3. The van der Waals surface area contributed by atoms with Crippen molar-refractivity contribution in [1.82, 2.24) is 20.8 Å².